The van der Waals surface area contributed by atoms with Gasteiger partial charge in [-0.15, -0.1) is 0 Å². The zero-order valence-corrected chi connectivity index (χ0v) is 17.4. The number of benzene rings is 1. The highest BCUT2D eigenvalue weighted by molar-refractivity contribution is 6.35. The molecular formula is C21H24ClN7. The minimum absolute atomic E-state index is 0.128. The molecule has 1 aliphatic carbocycles. The van der Waals surface area contributed by atoms with Crippen LogP contribution in [0.5, 0.6) is 0 Å². The van der Waals surface area contributed by atoms with Crippen LogP contribution in [0.25, 0.3) is 11.3 Å². The van der Waals surface area contributed by atoms with Crippen molar-refractivity contribution in [2.24, 2.45) is 0 Å². The number of hydrogen-bond donors (Lipinski definition) is 5. The van der Waals surface area contributed by atoms with Gasteiger partial charge >= 0.3 is 0 Å². The van der Waals surface area contributed by atoms with Crippen LogP contribution in [0, 0.1) is 10.8 Å². The summed E-state index contributed by atoms with van der Waals surface area (Å²) in [5, 5.41) is 26.2. The maximum Gasteiger partial charge on any atom is 0.228 e. The van der Waals surface area contributed by atoms with E-state index >= 15 is 0 Å². The lowest BCUT2D eigenvalue weighted by molar-refractivity contribution is 0.774. The molecule has 1 atom stereocenters. The first-order valence-corrected chi connectivity index (χ1v) is 9.65. The van der Waals surface area contributed by atoms with E-state index < -0.39 is 0 Å². The van der Waals surface area contributed by atoms with E-state index in [2.05, 4.69) is 32.8 Å². The number of hydrogen-bond acceptors (Lipinski definition) is 6. The average Bonchev–Trinajstić information content (AvgIpc) is 2.70. The molecule has 0 fully saturated rings. The molecule has 7 nitrogen and oxygen atoms in total. The van der Waals surface area contributed by atoms with Gasteiger partial charge in [0.1, 0.15) is 5.84 Å². The van der Waals surface area contributed by atoms with Crippen molar-refractivity contribution >= 4 is 40.4 Å². The van der Waals surface area contributed by atoms with Gasteiger partial charge in [0.25, 0.3) is 0 Å². The molecule has 2 aromatic rings. The van der Waals surface area contributed by atoms with Gasteiger partial charge in [-0.1, -0.05) is 36.7 Å². The SMILES string of the molecule is CN/C=C\C(=N)Nc1ncc2c(n1)/C(=C(/NC)c1ccccc1Cl)C(=N)CC2C. The van der Waals surface area contributed by atoms with Gasteiger partial charge in [0.2, 0.25) is 5.95 Å². The fraction of sp³-hybridized carbons (Fsp3) is 0.238. The Balaban J connectivity index is 2.15. The topological polar surface area (TPSA) is 110 Å². The summed E-state index contributed by atoms with van der Waals surface area (Å²) >= 11 is 6.44. The lowest BCUT2D eigenvalue weighted by atomic mass is 9.81. The first kappa shape index (κ1) is 20.5. The molecule has 29 heavy (non-hydrogen) atoms. The Morgan fingerprint density at radius 1 is 1.28 bits per heavy atom. The highest BCUT2D eigenvalue weighted by Crippen LogP contribution is 2.39. The zero-order valence-electron chi connectivity index (χ0n) is 16.6. The third kappa shape index (κ3) is 4.30. The van der Waals surface area contributed by atoms with Crippen molar-refractivity contribution in [1.29, 1.82) is 10.8 Å². The molecule has 0 saturated carbocycles. The number of anilines is 1. The number of nitrogens with one attached hydrogen (secondary N) is 5. The molecule has 0 aliphatic heterocycles. The van der Waals surface area contributed by atoms with Gasteiger partial charge in [0, 0.05) is 47.7 Å². The van der Waals surface area contributed by atoms with Crippen LogP contribution in [-0.2, 0) is 0 Å². The smallest absolute Gasteiger partial charge is 0.228 e. The molecule has 1 aromatic carbocycles. The van der Waals surface area contributed by atoms with Gasteiger partial charge in [0.15, 0.2) is 0 Å². The highest BCUT2D eigenvalue weighted by atomic mass is 35.5. The standard InChI is InChI=1S/C21H24ClN7/c1-12-10-16(23)18(19(26-3)13-6-4-5-7-15(13)22)20-14(12)11-27-21(29-20)28-17(24)8-9-25-2/h4-9,11-12,23,25-26H,10H2,1-3H3,(H2,24,27,28,29)/b9-8-,19-18+,23-16?. The second-order valence-electron chi connectivity index (χ2n) is 6.72. The quantitative estimate of drug-likeness (QED) is 0.380. The molecule has 8 heteroatoms. The van der Waals surface area contributed by atoms with Crippen LogP contribution in [0.2, 0.25) is 5.02 Å². The Morgan fingerprint density at radius 2 is 2.03 bits per heavy atom. The summed E-state index contributed by atoms with van der Waals surface area (Å²) in [5.41, 5.74) is 4.42. The van der Waals surface area contributed by atoms with Crippen LogP contribution in [0.3, 0.4) is 0 Å². The van der Waals surface area contributed by atoms with Crippen LogP contribution < -0.4 is 16.0 Å². The molecule has 5 N–H and O–H groups in total. The molecule has 1 unspecified atom stereocenters. The summed E-state index contributed by atoms with van der Waals surface area (Å²) in [6, 6.07) is 7.54. The number of aromatic nitrogens is 2. The Bertz CT molecular complexity index is 1010. The van der Waals surface area contributed by atoms with Crippen molar-refractivity contribution < 1.29 is 0 Å². The van der Waals surface area contributed by atoms with E-state index in [1.807, 2.05) is 31.3 Å². The minimum atomic E-state index is 0.128. The lowest BCUT2D eigenvalue weighted by Crippen LogP contribution is -2.23. The van der Waals surface area contributed by atoms with Crippen LogP contribution in [-0.4, -0.2) is 35.6 Å². The van der Waals surface area contributed by atoms with Gasteiger partial charge in [-0.2, -0.15) is 0 Å². The number of fused-ring (bicyclic) bond motifs is 1. The Labute approximate surface area is 175 Å². The van der Waals surface area contributed by atoms with Gasteiger partial charge in [-0.05, 0) is 30.7 Å². The molecular weight excluding hydrogens is 386 g/mol. The molecule has 3 rings (SSSR count). The summed E-state index contributed by atoms with van der Waals surface area (Å²) in [5.74, 6) is 0.593. The maximum absolute atomic E-state index is 8.68. The molecule has 0 saturated heterocycles. The normalized spacial score (nSPS) is 17.7. The number of rotatable bonds is 5. The molecule has 1 aliphatic rings. The lowest BCUT2D eigenvalue weighted by Gasteiger charge is -2.27. The van der Waals surface area contributed by atoms with E-state index in [0.717, 1.165) is 16.8 Å². The van der Waals surface area contributed by atoms with E-state index in [1.165, 1.54) is 0 Å². The molecule has 0 bridgehead atoms. The van der Waals surface area contributed by atoms with E-state index in [9.17, 15) is 0 Å². The summed E-state index contributed by atoms with van der Waals surface area (Å²) < 4.78 is 0. The number of allylic oxidation sites excluding steroid dienone is 1. The third-order valence-electron chi connectivity index (χ3n) is 4.70. The number of halogens is 1. The molecule has 0 radical (unpaired) electrons. The van der Waals surface area contributed by atoms with Gasteiger partial charge in [0.05, 0.1) is 11.4 Å². The maximum atomic E-state index is 8.68. The average molecular weight is 410 g/mol. The Morgan fingerprint density at radius 3 is 2.72 bits per heavy atom. The van der Waals surface area contributed by atoms with E-state index in [-0.39, 0.29) is 11.8 Å². The fourth-order valence-electron chi connectivity index (χ4n) is 3.33. The van der Waals surface area contributed by atoms with Crippen molar-refractivity contribution in [3.05, 3.63) is 64.6 Å². The molecule has 150 valence electrons. The zero-order chi connectivity index (χ0) is 21.0. The van der Waals surface area contributed by atoms with Gasteiger partial charge in [-0.3, -0.25) is 5.41 Å². The highest BCUT2D eigenvalue weighted by Gasteiger charge is 2.30. The minimum Gasteiger partial charge on any atom is -0.394 e. The third-order valence-corrected chi connectivity index (χ3v) is 5.03. The van der Waals surface area contributed by atoms with Crippen LogP contribution in [0.4, 0.5) is 5.95 Å². The van der Waals surface area contributed by atoms with Crippen molar-refractivity contribution in [2.45, 2.75) is 19.3 Å². The Hall–Kier alpha value is -3.19. The van der Waals surface area contributed by atoms with Crippen LogP contribution in [0.15, 0.2) is 42.7 Å². The van der Waals surface area contributed by atoms with Crippen molar-refractivity contribution in [3.8, 4) is 0 Å². The van der Waals surface area contributed by atoms with Gasteiger partial charge in [-0.25, -0.2) is 9.97 Å². The predicted octanol–water partition coefficient (Wildman–Crippen LogP) is 3.87. The van der Waals surface area contributed by atoms with E-state index in [0.29, 0.717) is 34.4 Å². The summed E-state index contributed by atoms with van der Waals surface area (Å²) in [4.78, 5) is 9.04. The number of amidine groups is 1. The monoisotopic (exact) mass is 409 g/mol. The van der Waals surface area contributed by atoms with Crippen molar-refractivity contribution in [3.63, 3.8) is 0 Å². The molecule has 0 spiro atoms. The van der Waals surface area contributed by atoms with E-state index in [1.54, 1.807) is 25.5 Å². The van der Waals surface area contributed by atoms with Crippen LogP contribution >= 0.6 is 11.6 Å². The number of nitrogens with zero attached hydrogens (tertiary/aromatic N) is 2. The fourth-order valence-corrected chi connectivity index (χ4v) is 3.56. The second kappa shape index (κ2) is 8.87. The van der Waals surface area contributed by atoms with Crippen molar-refractivity contribution in [1.82, 2.24) is 20.6 Å². The summed E-state index contributed by atoms with van der Waals surface area (Å²) in [6.07, 6.45) is 5.59. The predicted molar refractivity (Wildman–Crippen MR) is 120 cm³/mol. The van der Waals surface area contributed by atoms with E-state index in [4.69, 9.17) is 22.4 Å². The summed E-state index contributed by atoms with van der Waals surface area (Å²) in [7, 11) is 3.58. The van der Waals surface area contributed by atoms with Gasteiger partial charge < -0.3 is 21.4 Å². The first-order valence-electron chi connectivity index (χ1n) is 9.27. The molecule has 1 aromatic heterocycles. The second-order valence-corrected chi connectivity index (χ2v) is 7.13. The Kier molecular flexibility index (Phi) is 6.29. The molecule has 0 amide bonds. The van der Waals surface area contributed by atoms with Crippen molar-refractivity contribution in [2.75, 3.05) is 19.4 Å². The van der Waals surface area contributed by atoms with Crippen LogP contribution in [0.1, 0.15) is 36.1 Å². The first-order chi connectivity index (χ1) is 14.0. The molecule has 1 heterocycles. The summed E-state index contributed by atoms with van der Waals surface area (Å²) in [6.45, 7) is 2.06. The largest absolute Gasteiger partial charge is 0.394 e.